The molecule has 0 amide bonds. The summed E-state index contributed by atoms with van der Waals surface area (Å²) in [5, 5.41) is 0. The van der Waals surface area contributed by atoms with Gasteiger partial charge in [0.2, 0.25) is 0 Å². The van der Waals surface area contributed by atoms with Crippen molar-refractivity contribution in [3.8, 4) is 5.92 Å². The third-order valence-electron chi connectivity index (χ3n) is 3.29. The van der Waals surface area contributed by atoms with Crippen molar-refractivity contribution < 1.29 is 0 Å². The molecule has 0 heteroatoms. The highest BCUT2D eigenvalue weighted by molar-refractivity contribution is 5.01. The number of hydrogen-bond acceptors (Lipinski definition) is 0. The zero-order valence-electron chi connectivity index (χ0n) is 10.9. The molecule has 0 aromatic rings. The van der Waals surface area contributed by atoms with E-state index in [2.05, 4.69) is 26.7 Å². The first-order valence-electron chi connectivity index (χ1n) is 6.68. The third-order valence-corrected chi connectivity index (χ3v) is 3.29. The van der Waals surface area contributed by atoms with Crippen molar-refractivity contribution in [3.63, 3.8) is 0 Å². The van der Waals surface area contributed by atoms with Gasteiger partial charge in [0, 0.05) is 5.41 Å². The lowest BCUT2D eigenvalue weighted by molar-refractivity contribution is 0.287. The van der Waals surface area contributed by atoms with E-state index in [1.807, 2.05) is 0 Å². The zero-order valence-corrected chi connectivity index (χ0v) is 10.9. The molecule has 0 aromatic carbocycles. The van der Waals surface area contributed by atoms with Gasteiger partial charge < -0.3 is 0 Å². The molecule has 0 unspecified atom stereocenters. The van der Waals surface area contributed by atoms with Crippen molar-refractivity contribution in [1.29, 1.82) is 0 Å². The molecule has 0 saturated carbocycles. The molecule has 15 heavy (non-hydrogen) atoms. The van der Waals surface area contributed by atoms with Crippen molar-refractivity contribution in [2.24, 2.45) is 5.41 Å². The molecule has 0 heterocycles. The molecule has 87 valence electrons. The van der Waals surface area contributed by atoms with Crippen LogP contribution in [-0.4, -0.2) is 0 Å². The Morgan fingerprint density at radius 2 is 1.13 bits per heavy atom. The lowest BCUT2D eigenvalue weighted by Gasteiger charge is -2.28. The molecular formula is C15H27. The molecule has 0 aliphatic rings. The first-order valence-corrected chi connectivity index (χ1v) is 6.68. The van der Waals surface area contributed by atoms with Gasteiger partial charge in [0.15, 0.2) is 0 Å². The van der Waals surface area contributed by atoms with Gasteiger partial charge in [0.1, 0.15) is 0 Å². The normalized spacial score (nSPS) is 11.3. The minimum Gasteiger partial charge on any atom is -0.0823 e. The van der Waals surface area contributed by atoms with Crippen LogP contribution in [0.5, 0.6) is 0 Å². The maximum absolute atomic E-state index is 7.59. The van der Waals surface area contributed by atoms with Gasteiger partial charge in [-0.05, 0) is 25.7 Å². The molecule has 0 nitrogen and oxygen atoms in total. The maximum atomic E-state index is 7.59. The smallest absolute Gasteiger partial charge is 0.0325 e. The summed E-state index contributed by atoms with van der Waals surface area (Å²) >= 11 is 0. The van der Waals surface area contributed by atoms with Crippen LogP contribution in [0.4, 0.5) is 0 Å². The summed E-state index contributed by atoms with van der Waals surface area (Å²) in [7, 11) is 0. The van der Waals surface area contributed by atoms with Crippen molar-refractivity contribution >= 4 is 0 Å². The molecule has 0 aliphatic heterocycles. The molecule has 0 rings (SSSR count). The predicted octanol–water partition coefficient (Wildman–Crippen LogP) is 5.13. The molecule has 0 atom stereocenters. The molecule has 0 N–H and O–H groups in total. The Bertz CT molecular complexity index is 151. The van der Waals surface area contributed by atoms with E-state index in [0.29, 0.717) is 0 Å². The minimum atomic E-state index is 0.113. The highest BCUT2D eigenvalue weighted by Gasteiger charge is 2.25. The van der Waals surface area contributed by atoms with Crippen molar-refractivity contribution in [3.05, 3.63) is 6.42 Å². The minimum absolute atomic E-state index is 0.113. The summed E-state index contributed by atoms with van der Waals surface area (Å²) in [6.45, 7) is 6.69. The highest BCUT2D eigenvalue weighted by atomic mass is 14.3. The van der Waals surface area contributed by atoms with Gasteiger partial charge in [-0.25, -0.2) is 0 Å². The van der Waals surface area contributed by atoms with Crippen LogP contribution in [0.1, 0.15) is 78.6 Å². The second-order valence-electron chi connectivity index (χ2n) is 4.72. The van der Waals surface area contributed by atoms with E-state index in [1.54, 1.807) is 0 Å². The first-order chi connectivity index (χ1) is 7.24. The fraction of sp³-hybridized carbons (Fsp3) is 0.867. The largest absolute Gasteiger partial charge is 0.0823 e. The van der Waals surface area contributed by atoms with Crippen LogP contribution >= 0.6 is 0 Å². The summed E-state index contributed by atoms with van der Waals surface area (Å²) < 4.78 is 0. The van der Waals surface area contributed by atoms with Crippen molar-refractivity contribution in [2.75, 3.05) is 0 Å². The van der Waals surface area contributed by atoms with Gasteiger partial charge >= 0.3 is 0 Å². The average molecular weight is 207 g/mol. The molecule has 0 aromatic heterocycles. The van der Waals surface area contributed by atoms with E-state index in [1.165, 1.54) is 57.8 Å². The molecular weight excluding hydrogens is 180 g/mol. The monoisotopic (exact) mass is 207 g/mol. The van der Waals surface area contributed by atoms with E-state index >= 15 is 0 Å². The quantitative estimate of drug-likeness (QED) is 0.460. The van der Waals surface area contributed by atoms with Gasteiger partial charge in [0.25, 0.3) is 0 Å². The summed E-state index contributed by atoms with van der Waals surface area (Å²) in [5.74, 6) is 2.87. The SMILES string of the molecule is [C]#CC(CCCC)(CCCC)CCCC. The Hall–Kier alpha value is -0.440. The van der Waals surface area contributed by atoms with Crippen molar-refractivity contribution in [1.82, 2.24) is 0 Å². The molecule has 0 fully saturated rings. The van der Waals surface area contributed by atoms with E-state index in [9.17, 15) is 0 Å². The number of rotatable bonds is 9. The van der Waals surface area contributed by atoms with Gasteiger partial charge in [-0.1, -0.05) is 65.2 Å². The van der Waals surface area contributed by atoms with Gasteiger partial charge in [0.05, 0.1) is 0 Å². The van der Waals surface area contributed by atoms with E-state index in [0.717, 1.165) is 0 Å². The second kappa shape index (κ2) is 8.84. The summed E-state index contributed by atoms with van der Waals surface area (Å²) in [6, 6.07) is 0. The van der Waals surface area contributed by atoms with Crippen LogP contribution < -0.4 is 0 Å². The summed E-state index contributed by atoms with van der Waals surface area (Å²) in [5.41, 5.74) is 0.113. The van der Waals surface area contributed by atoms with E-state index in [-0.39, 0.29) is 5.41 Å². The number of hydrogen-bond donors (Lipinski definition) is 0. The lowest BCUT2D eigenvalue weighted by Crippen LogP contribution is -2.18. The Labute approximate surface area is 96.8 Å². The molecule has 0 saturated heterocycles. The Morgan fingerprint density at radius 3 is 1.33 bits per heavy atom. The molecule has 0 aliphatic carbocycles. The zero-order chi connectivity index (χ0) is 11.6. The van der Waals surface area contributed by atoms with E-state index in [4.69, 9.17) is 6.42 Å². The molecule has 0 bridgehead atoms. The first kappa shape index (κ1) is 14.6. The maximum Gasteiger partial charge on any atom is 0.0325 e. The topological polar surface area (TPSA) is 0 Å². The molecule has 0 spiro atoms. The number of unbranched alkanes of at least 4 members (excludes halogenated alkanes) is 3. The van der Waals surface area contributed by atoms with Crippen LogP contribution in [0, 0.1) is 17.8 Å². The predicted molar refractivity (Wildman–Crippen MR) is 68.1 cm³/mol. The fourth-order valence-corrected chi connectivity index (χ4v) is 2.11. The van der Waals surface area contributed by atoms with Gasteiger partial charge in [-0.3, -0.25) is 0 Å². The fourth-order valence-electron chi connectivity index (χ4n) is 2.11. The van der Waals surface area contributed by atoms with Gasteiger partial charge in [-0.15, -0.1) is 0 Å². The highest BCUT2D eigenvalue weighted by Crippen LogP contribution is 2.35. The van der Waals surface area contributed by atoms with Crippen LogP contribution in [0.3, 0.4) is 0 Å². The Balaban J connectivity index is 4.25. The summed E-state index contributed by atoms with van der Waals surface area (Å²) in [4.78, 5) is 0. The molecule has 1 radical (unpaired) electrons. The summed E-state index contributed by atoms with van der Waals surface area (Å²) in [6.07, 6.45) is 18.6. The van der Waals surface area contributed by atoms with Crippen molar-refractivity contribution in [2.45, 2.75) is 78.6 Å². The Morgan fingerprint density at radius 1 is 0.800 bits per heavy atom. The standard InChI is InChI=1S/C15H27/c1-5-9-12-15(8-4,13-10-6-2)14-11-7-3/h5-7,9-14H2,1-3H3. The van der Waals surface area contributed by atoms with Gasteiger partial charge in [-0.2, -0.15) is 0 Å². The van der Waals surface area contributed by atoms with Crippen LogP contribution in [0.25, 0.3) is 0 Å². The van der Waals surface area contributed by atoms with E-state index < -0.39 is 0 Å². The van der Waals surface area contributed by atoms with Crippen LogP contribution in [0.15, 0.2) is 0 Å². The third kappa shape index (κ3) is 5.88. The van der Waals surface area contributed by atoms with Crippen LogP contribution in [0.2, 0.25) is 0 Å². The second-order valence-corrected chi connectivity index (χ2v) is 4.72. The Kier molecular flexibility index (Phi) is 8.58. The average Bonchev–Trinajstić information content (AvgIpc) is 2.29. The van der Waals surface area contributed by atoms with Crippen LogP contribution in [-0.2, 0) is 0 Å². The lowest BCUT2D eigenvalue weighted by atomic mass is 9.75.